The number of rotatable bonds is 6. The summed E-state index contributed by atoms with van der Waals surface area (Å²) in [6.45, 7) is 9.52. The van der Waals surface area contributed by atoms with Crippen molar-refractivity contribution in [3.8, 4) is 0 Å². The molecule has 16 heavy (non-hydrogen) atoms. The molecular formula is C13H27N3. The van der Waals surface area contributed by atoms with Crippen molar-refractivity contribution in [1.29, 1.82) is 0 Å². The molecule has 1 unspecified atom stereocenters. The Bertz CT molecular complexity index is 213. The van der Waals surface area contributed by atoms with E-state index in [1.54, 1.807) is 0 Å². The molecule has 2 aliphatic rings. The number of nitrogens with one attached hydrogen (secondary N) is 1. The second kappa shape index (κ2) is 5.48. The van der Waals surface area contributed by atoms with Crippen LogP contribution < -0.4 is 5.32 Å². The van der Waals surface area contributed by atoms with Gasteiger partial charge in [0.25, 0.3) is 0 Å². The molecule has 2 rings (SSSR count). The normalized spacial score (nSPS) is 27.2. The predicted molar refractivity (Wildman–Crippen MR) is 68.8 cm³/mol. The summed E-state index contributed by atoms with van der Waals surface area (Å²) in [6, 6.07) is 2.31. The molecule has 1 aliphatic carbocycles. The zero-order chi connectivity index (χ0) is 11.5. The molecule has 1 aliphatic heterocycles. The third-order valence-corrected chi connectivity index (χ3v) is 3.97. The molecule has 0 radical (unpaired) electrons. The van der Waals surface area contributed by atoms with E-state index in [0.29, 0.717) is 6.04 Å². The van der Waals surface area contributed by atoms with E-state index in [1.165, 1.54) is 45.4 Å². The first-order valence-corrected chi connectivity index (χ1v) is 6.84. The first-order chi connectivity index (χ1) is 7.65. The average molecular weight is 225 g/mol. The highest BCUT2D eigenvalue weighted by Crippen LogP contribution is 2.21. The molecule has 0 aromatic carbocycles. The molecule has 0 aromatic rings. The minimum atomic E-state index is 0.669. The minimum absolute atomic E-state index is 0.669. The SMILES string of the molecule is CC(C)N(C)CCN1CCC(NC2CC2)C1. The Kier molecular flexibility index (Phi) is 4.22. The van der Waals surface area contributed by atoms with Gasteiger partial charge in [-0.25, -0.2) is 0 Å². The molecule has 0 aromatic heterocycles. The molecule has 0 bridgehead atoms. The average Bonchev–Trinajstić information content (AvgIpc) is 2.93. The Morgan fingerprint density at radius 3 is 2.62 bits per heavy atom. The number of nitrogens with zero attached hydrogens (tertiary/aromatic N) is 2. The maximum absolute atomic E-state index is 3.74. The predicted octanol–water partition coefficient (Wildman–Crippen LogP) is 1.15. The van der Waals surface area contributed by atoms with Gasteiger partial charge >= 0.3 is 0 Å². The van der Waals surface area contributed by atoms with Gasteiger partial charge in [0.2, 0.25) is 0 Å². The van der Waals surface area contributed by atoms with Gasteiger partial charge in [-0.3, -0.25) is 0 Å². The largest absolute Gasteiger partial charge is 0.310 e. The lowest BCUT2D eigenvalue weighted by Crippen LogP contribution is -2.38. The van der Waals surface area contributed by atoms with Gasteiger partial charge in [-0.2, -0.15) is 0 Å². The highest BCUT2D eigenvalue weighted by Gasteiger charge is 2.28. The second-order valence-corrected chi connectivity index (χ2v) is 5.80. The van der Waals surface area contributed by atoms with E-state index in [2.05, 4.69) is 36.0 Å². The van der Waals surface area contributed by atoms with Crippen LogP contribution in [0.2, 0.25) is 0 Å². The molecule has 94 valence electrons. The van der Waals surface area contributed by atoms with Gasteiger partial charge in [0.05, 0.1) is 0 Å². The van der Waals surface area contributed by atoms with Crippen LogP contribution in [0.4, 0.5) is 0 Å². The van der Waals surface area contributed by atoms with Gasteiger partial charge in [0, 0.05) is 37.8 Å². The first-order valence-electron chi connectivity index (χ1n) is 6.84. The van der Waals surface area contributed by atoms with Crippen LogP contribution in [0.15, 0.2) is 0 Å². The van der Waals surface area contributed by atoms with E-state index in [0.717, 1.165) is 12.1 Å². The van der Waals surface area contributed by atoms with Crippen LogP contribution in [0.1, 0.15) is 33.1 Å². The van der Waals surface area contributed by atoms with Gasteiger partial charge in [-0.1, -0.05) is 0 Å². The van der Waals surface area contributed by atoms with Crippen LogP contribution in [-0.2, 0) is 0 Å². The summed E-state index contributed by atoms with van der Waals surface area (Å²) in [5, 5.41) is 3.74. The van der Waals surface area contributed by atoms with Crippen LogP contribution in [0.5, 0.6) is 0 Å². The van der Waals surface area contributed by atoms with E-state index < -0.39 is 0 Å². The molecule has 3 heteroatoms. The van der Waals surface area contributed by atoms with Crippen molar-refractivity contribution in [2.45, 2.75) is 51.2 Å². The summed E-state index contributed by atoms with van der Waals surface area (Å²) in [6.07, 6.45) is 4.17. The Morgan fingerprint density at radius 2 is 2.00 bits per heavy atom. The second-order valence-electron chi connectivity index (χ2n) is 5.80. The maximum atomic E-state index is 3.74. The van der Waals surface area contributed by atoms with Gasteiger partial charge < -0.3 is 15.1 Å². The molecule has 1 N–H and O–H groups in total. The van der Waals surface area contributed by atoms with Crippen LogP contribution in [-0.4, -0.2) is 61.2 Å². The highest BCUT2D eigenvalue weighted by atomic mass is 15.2. The Hall–Kier alpha value is -0.120. The summed E-state index contributed by atoms with van der Waals surface area (Å²) in [5.74, 6) is 0. The van der Waals surface area contributed by atoms with Crippen molar-refractivity contribution in [2.24, 2.45) is 0 Å². The van der Waals surface area contributed by atoms with Crippen molar-refractivity contribution in [3.05, 3.63) is 0 Å². The van der Waals surface area contributed by atoms with Crippen molar-refractivity contribution in [3.63, 3.8) is 0 Å². The minimum Gasteiger partial charge on any atom is -0.310 e. The van der Waals surface area contributed by atoms with E-state index in [-0.39, 0.29) is 0 Å². The van der Waals surface area contributed by atoms with Crippen molar-refractivity contribution < 1.29 is 0 Å². The number of likely N-dealkylation sites (N-methyl/N-ethyl adjacent to an activating group) is 1. The van der Waals surface area contributed by atoms with E-state index in [9.17, 15) is 0 Å². The van der Waals surface area contributed by atoms with Crippen LogP contribution >= 0.6 is 0 Å². The van der Waals surface area contributed by atoms with Crippen LogP contribution in [0.3, 0.4) is 0 Å². The summed E-state index contributed by atoms with van der Waals surface area (Å²) in [5.41, 5.74) is 0. The van der Waals surface area contributed by atoms with Gasteiger partial charge in [-0.15, -0.1) is 0 Å². The lowest BCUT2D eigenvalue weighted by Gasteiger charge is -2.24. The molecule has 1 heterocycles. The Labute approximate surface area is 100 Å². The monoisotopic (exact) mass is 225 g/mol. The van der Waals surface area contributed by atoms with Crippen molar-refractivity contribution in [2.75, 3.05) is 33.2 Å². The summed E-state index contributed by atoms with van der Waals surface area (Å²) in [7, 11) is 2.22. The molecule has 1 saturated carbocycles. The van der Waals surface area contributed by atoms with Crippen molar-refractivity contribution in [1.82, 2.24) is 15.1 Å². The molecule has 1 atom stereocenters. The summed E-state index contributed by atoms with van der Waals surface area (Å²) >= 11 is 0. The molecule has 2 fully saturated rings. The maximum Gasteiger partial charge on any atom is 0.0209 e. The fourth-order valence-corrected chi connectivity index (χ4v) is 2.31. The van der Waals surface area contributed by atoms with E-state index in [4.69, 9.17) is 0 Å². The smallest absolute Gasteiger partial charge is 0.0209 e. The molecular weight excluding hydrogens is 198 g/mol. The highest BCUT2D eigenvalue weighted by molar-refractivity contribution is 4.89. The zero-order valence-electron chi connectivity index (χ0n) is 11.1. The van der Waals surface area contributed by atoms with E-state index >= 15 is 0 Å². The Balaban J connectivity index is 1.60. The lowest BCUT2D eigenvalue weighted by molar-refractivity contribution is 0.222. The fourth-order valence-electron chi connectivity index (χ4n) is 2.31. The zero-order valence-corrected chi connectivity index (χ0v) is 11.1. The van der Waals surface area contributed by atoms with E-state index in [1.807, 2.05) is 0 Å². The lowest BCUT2D eigenvalue weighted by atomic mass is 10.2. The van der Waals surface area contributed by atoms with Crippen molar-refractivity contribution >= 4 is 0 Å². The molecule has 0 spiro atoms. The molecule has 0 amide bonds. The number of likely N-dealkylation sites (tertiary alicyclic amines) is 1. The quantitative estimate of drug-likeness (QED) is 0.732. The summed E-state index contributed by atoms with van der Waals surface area (Å²) in [4.78, 5) is 5.04. The van der Waals surface area contributed by atoms with Gasteiger partial charge in [0.1, 0.15) is 0 Å². The standard InChI is InChI=1S/C13H27N3/c1-11(2)15(3)8-9-16-7-6-13(10-16)14-12-4-5-12/h11-14H,4-10H2,1-3H3. The van der Waals surface area contributed by atoms with Crippen LogP contribution in [0.25, 0.3) is 0 Å². The third-order valence-electron chi connectivity index (χ3n) is 3.97. The topological polar surface area (TPSA) is 18.5 Å². The number of hydrogen-bond acceptors (Lipinski definition) is 3. The molecule has 3 nitrogen and oxygen atoms in total. The first kappa shape index (κ1) is 12.3. The molecule has 1 saturated heterocycles. The Morgan fingerprint density at radius 1 is 1.25 bits per heavy atom. The third kappa shape index (κ3) is 3.72. The van der Waals surface area contributed by atoms with Gasteiger partial charge in [-0.05, 0) is 46.7 Å². The van der Waals surface area contributed by atoms with Gasteiger partial charge in [0.15, 0.2) is 0 Å². The number of hydrogen-bond donors (Lipinski definition) is 1. The fraction of sp³-hybridized carbons (Fsp3) is 1.00. The summed E-state index contributed by atoms with van der Waals surface area (Å²) < 4.78 is 0. The van der Waals surface area contributed by atoms with Crippen LogP contribution in [0, 0.1) is 0 Å².